The summed E-state index contributed by atoms with van der Waals surface area (Å²) in [5.41, 5.74) is 5.83. The third-order valence-electron chi connectivity index (χ3n) is 4.73. The first kappa shape index (κ1) is 23.7. The molecule has 0 fully saturated rings. The van der Waals surface area contributed by atoms with Crippen molar-refractivity contribution < 1.29 is 13.2 Å². The van der Waals surface area contributed by atoms with Crippen LogP contribution in [0.25, 0.3) is 0 Å². The molecule has 3 rings (SSSR count). The first-order valence-electron chi connectivity index (χ1n) is 9.94. The number of hydrogen-bond donors (Lipinski definition) is 1. The van der Waals surface area contributed by atoms with Gasteiger partial charge in [-0.1, -0.05) is 77.3 Å². The van der Waals surface area contributed by atoms with Gasteiger partial charge in [-0.15, -0.1) is 0 Å². The first-order valence-corrected chi connectivity index (χ1v) is 11.8. The Hall–Kier alpha value is -3.00. The number of aryl methyl sites for hydroxylation is 2. The standard InChI is InChI=1S/C24H24ClN3O3S/c1-18-10-12-22(13-11-18)32(30,31)28(16-21-8-3-4-9-23(21)25)17-24(29)27-26-15-20-7-5-6-19(2)14-20/h3-15H,16-17H2,1-2H3,(H,27,29)/b26-15-. The highest BCUT2D eigenvalue weighted by Gasteiger charge is 2.27. The second-order valence-electron chi connectivity index (χ2n) is 7.38. The predicted octanol–water partition coefficient (Wildman–Crippen LogP) is 4.30. The minimum Gasteiger partial charge on any atom is -0.272 e. The summed E-state index contributed by atoms with van der Waals surface area (Å²) in [5, 5.41) is 4.38. The number of carbonyl (C=O) groups excluding carboxylic acids is 1. The van der Waals surface area contributed by atoms with Crippen molar-refractivity contribution >= 4 is 33.7 Å². The van der Waals surface area contributed by atoms with E-state index in [0.717, 1.165) is 21.0 Å². The van der Waals surface area contributed by atoms with Crippen molar-refractivity contribution in [3.8, 4) is 0 Å². The molecule has 0 radical (unpaired) electrons. The Morgan fingerprint density at radius 1 is 1.00 bits per heavy atom. The monoisotopic (exact) mass is 469 g/mol. The van der Waals surface area contributed by atoms with Gasteiger partial charge in [0.2, 0.25) is 10.0 Å². The Labute approximate surface area is 193 Å². The molecule has 1 N–H and O–H groups in total. The van der Waals surface area contributed by atoms with E-state index in [-0.39, 0.29) is 11.4 Å². The Morgan fingerprint density at radius 3 is 2.41 bits per heavy atom. The van der Waals surface area contributed by atoms with Crippen molar-refractivity contribution in [3.05, 3.63) is 100 Å². The summed E-state index contributed by atoms with van der Waals surface area (Å²) in [6.45, 7) is 3.37. The lowest BCUT2D eigenvalue weighted by Crippen LogP contribution is -2.39. The Balaban J connectivity index is 1.81. The highest BCUT2D eigenvalue weighted by molar-refractivity contribution is 7.89. The Bertz CT molecular complexity index is 1230. The number of nitrogens with zero attached hydrogens (tertiary/aromatic N) is 2. The molecule has 32 heavy (non-hydrogen) atoms. The molecular formula is C24H24ClN3O3S. The van der Waals surface area contributed by atoms with E-state index in [1.54, 1.807) is 36.4 Å². The van der Waals surface area contributed by atoms with Crippen molar-refractivity contribution in [3.63, 3.8) is 0 Å². The molecule has 3 aromatic carbocycles. The van der Waals surface area contributed by atoms with Crippen LogP contribution in [0.3, 0.4) is 0 Å². The average molecular weight is 470 g/mol. The van der Waals surface area contributed by atoms with Crippen LogP contribution >= 0.6 is 11.6 Å². The van der Waals surface area contributed by atoms with Gasteiger partial charge in [-0.2, -0.15) is 9.41 Å². The summed E-state index contributed by atoms with van der Waals surface area (Å²) in [4.78, 5) is 12.7. The molecule has 3 aromatic rings. The summed E-state index contributed by atoms with van der Waals surface area (Å²) < 4.78 is 27.7. The van der Waals surface area contributed by atoms with Crippen LogP contribution in [0.1, 0.15) is 22.3 Å². The van der Waals surface area contributed by atoms with E-state index in [1.807, 2.05) is 38.1 Å². The molecule has 0 heterocycles. The van der Waals surface area contributed by atoms with Crippen molar-refractivity contribution in [1.29, 1.82) is 0 Å². The van der Waals surface area contributed by atoms with E-state index in [9.17, 15) is 13.2 Å². The Kier molecular flexibility index (Phi) is 7.80. The van der Waals surface area contributed by atoms with Gasteiger partial charge in [0.15, 0.2) is 0 Å². The van der Waals surface area contributed by atoms with Crippen LogP contribution in [-0.2, 0) is 21.4 Å². The molecule has 0 aromatic heterocycles. The highest BCUT2D eigenvalue weighted by atomic mass is 35.5. The summed E-state index contributed by atoms with van der Waals surface area (Å²) in [6.07, 6.45) is 1.51. The number of benzene rings is 3. The number of sulfonamides is 1. The largest absolute Gasteiger partial charge is 0.272 e. The molecule has 6 nitrogen and oxygen atoms in total. The van der Waals surface area contributed by atoms with Gasteiger partial charge in [-0.3, -0.25) is 4.79 Å². The van der Waals surface area contributed by atoms with E-state index in [1.165, 1.54) is 18.3 Å². The first-order chi connectivity index (χ1) is 15.3. The zero-order chi connectivity index (χ0) is 23.1. The zero-order valence-electron chi connectivity index (χ0n) is 17.8. The fourth-order valence-corrected chi connectivity index (χ4v) is 4.60. The molecule has 0 unspecified atom stereocenters. The second kappa shape index (κ2) is 10.5. The quantitative estimate of drug-likeness (QED) is 0.394. The summed E-state index contributed by atoms with van der Waals surface area (Å²) >= 11 is 6.24. The average Bonchev–Trinajstić information content (AvgIpc) is 2.75. The number of carbonyl (C=O) groups is 1. The maximum Gasteiger partial charge on any atom is 0.255 e. The highest BCUT2D eigenvalue weighted by Crippen LogP contribution is 2.22. The Morgan fingerprint density at radius 2 is 1.72 bits per heavy atom. The summed E-state index contributed by atoms with van der Waals surface area (Å²) in [6, 6.07) is 21.0. The maximum absolute atomic E-state index is 13.3. The minimum atomic E-state index is -3.95. The summed E-state index contributed by atoms with van der Waals surface area (Å²) in [5.74, 6) is -0.559. The van der Waals surface area contributed by atoms with Gasteiger partial charge in [-0.05, 0) is 43.2 Å². The lowest BCUT2D eigenvalue weighted by Gasteiger charge is -2.22. The van der Waals surface area contributed by atoms with Crippen LogP contribution in [0.2, 0.25) is 5.02 Å². The number of halogens is 1. The number of rotatable bonds is 8. The minimum absolute atomic E-state index is 0.0507. The van der Waals surface area contributed by atoms with Crippen molar-refractivity contribution in [1.82, 2.24) is 9.73 Å². The van der Waals surface area contributed by atoms with Crippen LogP contribution in [0.4, 0.5) is 0 Å². The third kappa shape index (κ3) is 6.26. The van der Waals surface area contributed by atoms with Gasteiger partial charge >= 0.3 is 0 Å². The number of hydrazone groups is 1. The van der Waals surface area contributed by atoms with Crippen LogP contribution in [-0.4, -0.2) is 31.4 Å². The molecule has 0 aliphatic heterocycles. The molecule has 8 heteroatoms. The van der Waals surface area contributed by atoms with Crippen molar-refractivity contribution in [2.45, 2.75) is 25.3 Å². The van der Waals surface area contributed by atoms with Crippen LogP contribution in [0, 0.1) is 13.8 Å². The molecule has 0 atom stereocenters. The van der Waals surface area contributed by atoms with Crippen LogP contribution < -0.4 is 5.43 Å². The van der Waals surface area contributed by atoms with Gasteiger partial charge in [0.25, 0.3) is 5.91 Å². The molecule has 0 saturated carbocycles. The normalized spacial score (nSPS) is 11.8. The van der Waals surface area contributed by atoms with E-state index >= 15 is 0 Å². The second-order valence-corrected chi connectivity index (χ2v) is 9.73. The van der Waals surface area contributed by atoms with Gasteiger partial charge in [0.1, 0.15) is 0 Å². The van der Waals surface area contributed by atoms with Crippen LogP contribution in [0.5, 0.6) is 0 Å². The van der Waals surface area contributed by atoms with Crippen LogP contribution in [0.15, 0.2) is 82.8 Å². The number of hydrogen-bond acceptors (Lipinski definition) is 4. The van der Waals surface area contributed by atoms with Crippen molar-refractivity contribution in [2.75, 3.05) is 6.54 Å². The molecule has 0 spiro atoms. The van der Waals surface area contributed by atoms with E-state index < -0.39 is 22.5 Å². The molecule has 166 valence electrons. The number of amides is 1. The maximum atomic E-state index is 13.3. The summed E-state index contributed by atoms with van der Waals surface area (Å²) in [7, 11) is -3.95. The van der Waals surface area contributed by atoms with Gasteiger partial charge in [-0.25, -0.2) is 13.8 Å². The number of nitrogens with one attached hydrogen (secondary N) is 1. The van der Waals surface area contributed by atoms with E-state index in [2.05, 4.69) is 10.5 Å². The lowest BCUT2D eigenvalue weighted by molar-refractivity contribution is -0.121. The van der Waals surface area contributed by atoms with Gasteiger partial charge < -0.3 is 0 Å². The van der Waals surface area contributed by atoms with E-state index in [4.69, 9.17) is 11.6 Å². The molecule has 0 saturated heterocycles. The fraction of sp³-hybridized carbons (Fsp3) is 0.167. The molecule has 0 aliphatic carbocycles. The lowest BCUT2D eigenvalue weighted by atomic mass is 10.2. The molecule has 0 aliphatic rings. The smallest absolute Gasteiger partial charge is 0.255 e. The van der Waals surface area contributed by atoms with E-state index in [0.29, 0.717) is 10.6 Å². The molecule has 0 bridgehead atoms. The van der Waals surface area contributed by atoms with Gasteiger partial charge in [0.05, 0.1) is 17.7 Å². The molecular weight excluding hydrogens is 446 g/mol. The van der Waals surface area contributed by atoms with Crippen molar-refractivity contribution in [2.24, 2.45) is 5.10 Å². The predicted molar refractivity (Wildman–Crippen MR) is 127 cm³/mol. The molecule has 1 amide bonds. The third-order valence-corrected chi connectivity index (χ3v) is 6.90. The van der Waals surface area contributed by atoms with Gasteiger partial charge in [0, 0.05) is 11.6 Å². The zero-order valence-corrected chi connectivity index (χ0v) is 19.4. The topological polar surface area (TPSA) is 78.8 Å². The fourth-order valence-electron chi connectivity index (χ4n) is 3.03. The SMILES string of the molecule is Cc1ccc(S(=O)(=O)N(CC(=O)N/N=C\c2cccc(C)c2)Cc2ccccc2Cl)cc1.